The maximum Gasteiger partial charge on any atom is 0.230 e. The minimum Gasteiger partial charge on any atom is -0.467 e. The molecule has 0 bridgehead atoms. The first-order valence-corrected chi connectivity index (χ1v) is 9.04. The van der Waals surface area contributed by atoms with Crippen LogP contribution in [0.5, 0.6) is 0 Å². The monoisotopic (exact) mass is 372 g/mol. The highest BCUT2D eigenvalue weighted by Gasteiger charge is 2.11. The van der Waals surface area contributed by atoms with Crippen molar-refractivity contribution in [1.82, 2.24) is 25.5 Å². The van der Waals surface area contributed by atoms with Crippen molar-refractivity contribution in [2.75, 3.05) is 24.7 Å². The first-order chi connectivity index (χ1) is 12.6. The molecule has 2 aromatic heterocycles. The molecule has 1 N–H and O–H groups in total. The van der Waals surface area contributed by atoms with Crippen molar-refractivity contribution in [2.45, 2.75) is 18.2 Å². The molecule has 0 saturated carbocycles. The summed E-state index contributed by atoms with van der Waals surface area (Å²) in [7, 11) is 3.99. The second-order valence-corrected chi connectivity index (χ2v) is 6.77. The van der Waals surface area contributed by atoms with E-state index in [1.165, 1.54) is 11.8 Å². The Morgan fingerprint density at radius 3 is 2.77 bits per heavy atom. The predicted octanol–water partition coefficient (Wildman–Crippen LogP) is 1.79. The lowest BCUT2D eigenvalue weighted by molar-refractivity contribution is -0.118. The van der Waals surface area contributed by atoms with Crippen LogP contribution in [-0.4, -0.2) is 46.0 Å². The number of hydrogen-bond donors (Lipinski definition) is 1. The SMILES string of the molecule is CN(C)c1ccc(CNC(=O)CSc2nnnn2Cc2ccco2)cc1. The Morgan fingerprint density at radius 1 is 1.27 bits per heavy atom. The average molecular weight is 372 g/mol. The van der Waals surface area contributed by atoms with Gasteiger partial charge in [-0.1, -0.05) is 23.9 Å². The van der Waals surface area contributed by atoms with E-state index < -0.39 is 0 Å². The largest absolute Gasteiger partial charge is 0.467 e. The Balaban J connectivity index is 1.46. The summed E-state index contributed by atoms with van der Waals surface area (Å²) < 4.78 is 6.90. The van der Waals surface area contributed by atoms with E-state index in [1.807, 2.05) is 55.4 Å². The second-order valence-electron chi connectivity index (χ2n) is 5.82. The maximum atomic E-state index is 12.1. The molecule has 0 atom stereocenters. The highest BCUT2D eigenvalue weighted by molar-refractivity contribution is 7.99. The average Bonchev–Trinajstić information content (AvgIpc) is 3.31. The molecule has 3 aromatic rings. The number of nitrogens with zero attached hydrogens (tertiary/aromatic N) is 5. The van der Waals surface area contributed by atoms with E-state index in [-0.39, 0.29) is 11.7 Å². The fourth-order valence-electron chi connectivity index (χ4n) is 2.24. The standard InChI is InChI=1S/C17H20N6O2S/c1-22(2)14-7-5-13(6-8-14)10-18-16(24)12-26-17-19-20-21-23(17)11-15-4-3-9-25-15/h3-9H,10-12H2,1-2H3,(H,18,24). The molecule has 3 rings (SSSR count). The molecule has 0 saturated heterocycles. The highest BCUT2D eigenvalue weighted by Crippen LogP contribution is 2.15. The van der Waals surface area contributed by atoms with Crippen LogP contribution >= 0.6 is 11.8 Å². The topological polar surface area (TPSA) is 89.1 Å². The van der Waals surface area contributed by atoms with Crippen molar-refractivity contribution < 1.29 is 9.21 Å². The Bertz CT molecular complexity index is 829. The zero-order valence-corrected chi connectivity index (χ0v) is 15.4. The molecule has 0 aliphatic heterocycles. The lowest BCUT2D eigenvalue weighted by Gasteiger charge is -2.12. The maximum absolute atomic E-state index is 12.1. The van der Waals surface area contributed by atoms with Crippen molar-refractivity contribution >= 4 is 23.4 Å². The number of carbonyl (C=O) groups is 1. The van der Waals surface area contributed by atoms with Crippen LogP contribution in [0.1, 0.15) is 11.3 Å². The molecular formula is C17H20N6O2S. The number of tetrazole rings is 1. The van der Waals surface area contributed by atoms with E-state index in [0.29, 0.717) is 18.2 Å². The lowest BCUT2D eigenvalue weighted by Crippen LogP contribution is -2.24. The summed E-state index contributed by atoms with van der Waals surface area (Å²) in [5, 5.41) is 15.0. The minimum absolute atomic E-state index is 0.0702. The second kappa shape index (κ2) is 8.52. The number of hydrogen-bond acceptors (Lipinski definition) is 7. The zero-order valence-electron chi connectivity index (χ0n) is 14.6. The van der Waals surface area contributed by atoms with Crippen LogP contribution in [0.3, 0.4) is 0 Å². The molecule has 9 heteroatoms. The van der Waals surface area contributed by atoms with Gasteiger partial charge in [0, 0.05) is 26.3 Å². The molecule has 2 heterocycles. The normalized spacial score (nSPS) is 10.7. The van der Waals surface area contributed by atoms with Gasteiger partial charge in [-0.25, -0.2) is 4.68 Å². The van der Waals surface area contributed by atoms with Crippen LogP contribution in [0.4, 0.5) is 5.69 Å². The fraction of sp³-hybridized carbons (Fsp3) is 0.294. The van der Waals surface area contributed by atoms with Crippen LogP contribution < -0.4 is 10.2 Å². The van der Waals surface area contributed by atoms with Crippen molar-refractivity contribution in [2.24, 2.45) is 0 Å². The van der Waals surface area contributed by atoms with E-state index in [4.69, 9.17) is 4.42 Å². The molecule has 0 aliphatic rings. The summed E-state index contributed by atoms with van der Waals surface area (Å²) in [5.41, 5.74) is 2.18. The van der Waals surface area contributed by atoms with Crippen molar-refractivity contribution in [3.8, 4) is 0 Å². The zero-order chi connectivity index (χ0) is 18.4. The quantitative estimate of drug-likeness (QED) is 0.603. The van der Waals surface area contributed by atoms with Gasteiger partial charge < -0.3 is 14.6 Å². The first kappa shape index (κ1) is 18.0. The number of furan rings is 1. The summed E-state index contributed by atoms with van der Waals surface area (Å²) in [6, 6.07) is 11.7. The molecule has 1 amide bonds. The summed E-state index contributed by atoms with van der Waals surface area (Å²) in [4.78, 5) is 14.1. The van der Waals surface area contributed by atoms with Crippen molar-refractivity contribution in [3.63, 3.8) is 0 Å². The third-order valence-corrected chi connectivity index (χ3v) is 4.62. The van der Waals surface area contributed by atoms with E-state index in [2.05, 4.69) is 20.8 Å². The number of benzene rings is 1. The summed E-state index contributed by atoms with van der Waals surface area (Å²) >= 11 is 1.29. The molecule has 8 nitrogen and oxygen atoms in total. The van der Waals surface area contributed by atoms with Crippen LogP contribution in [-0.2, 0) is 17.9 Å². The van der Waals surface area contributed by atoms with Crippen molar-refractivity contribution in [1.29, 1.82) is 0 Å². The molecule has 1 aromatic carbocycles. The molecular weight excluding hydrogens is 352 g/mol. The summed E-state index contributed by atoms with van der Waals surface area (Å²) in [6.07, 6.45) is 1.60. The Morgan fingerprint density at radius 2 is 2.08 bits per heavy atom. The summed E-state index contributed by atoms with van der Waals surface area (Å²) in [6.45, 7) is 0.923. The van der Waals surface area contributed by atoms with E-state index in [1.54, 1.807) is 10.9 Å². The van der Waals surface area contributed by atoms with Gasteiger partial charge in [-0.3, -0.25) is 4.79 Å². The van der Waals surface area contributed by atoms with Gasteiger partial charge in [-0.15, -0.1) is 5.10 Å². The number of rotatable bonds is 8. The molecule has 136 valence electrons. The first-order valence-electron chi connectivity index (χ1n) is 8.06. The number of amides is 1. The van der Waals surface area contributed by atoms with Gasteiger partial charge >= 0.3 is 0 Å². The Labute approximate surface area is 155 Å². The van der Waals surface area contributed by atoms with Gasteiger partial charge in [0.1, 0.15) is 12.3 Å². The number of aromatic nitrogens is 4. The lowest BCUT2D eigenvalue weighted by atomic mass is 10.2. The number of carbonyl (C=O) groups excluding carboxylic acids is 1. The smallest absolute Gasteiger partial charge is 0.230 e. The van der Waals surface area contributed by atoms with Crippen LogP contribution in [0.15, 0.2) is 52.2 Å². The van der Waals surface area contributed by atoms with Gasteiger partial charge in [0.25, 0.3) is 0 Å². The minimum atomic E-state index is -0.0702. The van der Waals surface area contributed by atoms with E-state index in [0.717, 1.165) is 17.0 Å². The molecule has 0 spiro atoms. The molecule has 0 radical (unpaired) electrons. The third kappa shape index (κ3) is 4.85. The van der Waals surface area contributed by atoms with Crippen LogP contribution in [0.2, 0.25) is 0 Å². The molecule has 26 heavy (non-hydrogen) atoms. The summed E-state index contributed by atoms with van der Waals surface area (Å²) in [5.74, 6) is 0.929. The van der Waals surface area contributed by atoms with Gasteiger partial charge in [0.15, 0.2) is 0 Å². The predicted molar refractivity (Wildman–Crippen MR) is 99.0 cm³/mol. The Hall–Kier alpha value is -2.81. The van der Waals surface area contributed by atoms with Crippen LogP contribution in [0.25, 0.3) is 0 Å². The van der Waals surface area contributed by atoms with Gasteiger partial charge in [-0.2, -0.15) is 0 Å². The van der Waals surface area contributed by atoms with Crippen LogP contribution in [0, 0.1) is 0 Å². The van der Waals surface area contributed by atoms with Gasteiger partial charge in [-0.05, 0) is 40.3 Å². The number of nitrogens with one attached hydrogen (secondary N) is 1. The number of anilines is 1. The Kier molecular flexibility index (Phi) is 5.90. The van der Waals surface area contributed by atoms with E-state index in [9.17, 15) is 4.79 Å². The molecule has 0 unspecified atom stereocenters. The van der Waals surface area contributed by atoms with E-state index >= 15 is 0 Å². The van der Waals surface area contributed by atoms with Gasteiger partial charge in [0.05, 0.1) is 12.0 Å². The number of thioether (sulfide) groups is 1. The van der Waals surface area contributed by atoms with Gasteiger partial charge in [0.2, 0.25) is 11.1 Å². The third-order valence-electron chi connectivity index (χ3n) is 3.66. The molecule has 0 aliphatic carbocycles. The van der Waals surface area contributed by atoms with Crippen molar-refractivity contribution in [3.05, 3.63) is 54.0 Å². The fourth-order valence-corrected chi connectivity index (χ4v) is 2.95. The molecule has 0 fully saturated rings. The highest BCUT2D eigenvalue weighted by atomic mass is 32.2.